The number of aromatic nitrogens is 2. The Morgan fingerprint density at radius 2 is 2.11 bits per heavy atom. The lowest BCUT2D eigenvalue weighted by Gasteiger charge is -2.23. The Bertz CT molecular complexity index is 454. The van der Waals surface area contributed by atoms with E-state index in [1.807, 2.05) is 6.92 Å². The zero-order valence-corrected chi connectivity index (χ0v) is 12.3. The summed E-state index contributed by atoms with van der Waals surface area (Å²) in [4.78, 5) is 11.9. The molecule has 0 spiro atoms. The standard InChI is InChI=1S/C13H22ClN3O/c1-5-7-17-12(18)11(14)10(8-16-17)15-9-13(3,4)6-2/h8,15H,5-7,9H2,1-4H3. The van der Waals surface area contributed by atoms with Gasteiger partial charge in [0.2, 0.25) is 0 Å². The molecule has 1 aromatic rings. The number of anilines is 1. The van der Waals surface area contributed by atoms with Crippen LogP contribution in [0.5, 0.6) is 0 Å². The Kier molecular flexibility index (Phi) is 5.20. The van der Waals surface area contributed by atoms with Crippen molar-refractivity contribution in [2.75, 3.05) is 11.9 Å². The molecule has 0 bridgehead atoms. The first-order valence-electron chi connectivity index (χ1n) is 6.40. The van der Waals surface area contributed by atoms with Gasteiger partial charge in [-0.25, -0.2) is 4.68 Å². The Hall–Kier alpha value is -1.03. The molecule has 1 aromatic heterocycles. The van der Waals surface area contributed by atoms with E-state index >= 15 is 0 Å². The third kappa shape index (κ3) is 3.73. The van der Waals surface area contributed by atoms with Crippen molar-refractivity contribution in [3.05, 3.63) is 21.6 Å². The van der Waals surface area contributed by atoms with Gasteiger partial charge < -0.3 is 5.32 Å². The first kappa shape index (κ1) is 15.0. The summed E-state index contributed by atoms with van der Waals surface area (Å²) in [5, 5.41) is 7.55. The summed E-state index contributed by atoms with van der Waals surface area (Å²) >= 11 is 6.07. The van der Waals surface area contributed by atoms with Gasteiger partial charge in [-0.3, -0.25) is 4.79 Å². The molecule has 0 saturated carbocycles. The maximum Gasteiger partial charge on any atom is 0.287 e. The Morgan fingerprint density at radius 1 is 1.44 bits per heavy atom. The van der Waals surface area contributed by atoms with E-state index in [1.165, 1.54) is 4.68 Å². The van der Waals surface area contributed by atoms with Gasteiger partial charge in [-0.2, -0.15) is 5.10 Å². The predicted molar refractivity (Wildman–Crippen MR) is 76.4 cm³/mol. The van der Waals surface area contributed by atoms with E-state index < -0.39 is 0 Å². The van der Waals surface area contributed by atoms with E-state index in [9.17, 15) is 4.79 Å². The van der Waals surface area contributed by atoms with Crippen molar-refractivity contribution in [2.45, 2.75) is 47.1 Å². The summed E-state index contributed by atoms with van der Waals surface area (Å²) < 4.78 is 1.40. The van der Waals surface area contributed by atoms with Crippen LogP contribution in [0, 0.1) is 5.41 Å². The van der Waals surface area contributed by atoms with E-state index in [-0.39, 0.29) is 16.0 Å². The lowest BCUT2D eigenvalue weighted by molar-refractivity contribution is 0.377. The van der Waals surface area contributed by atoms with Gasteiger partial charge in [0.25, 0.3) is 5.56 Å². The molecule has 0 amide bonds. The Labute approximate surface area is 113 Å². The smallest absolute Gasteiger partial charge is 0.287 e. The minimum Gasteiger partial charge on any atom is -0.382 e. The molecule has 0 unspecified atom stereocenters. The van der Waals surface area contributed by atoms with Gasteiger partial charge in [-0.05, 0) is 18.3 Å². The molecule has 1 N–H and O–H groups in total. The van der Waals surface area contributed by atoms with E-state index in [0.717, 1.165) is 19.4 Å². The predicted octanol–water partition coefficient (Wildman–Crippen LogP) is 3.15. The van der Waals surface area contributed by atoms with Crippen LogP contribution >= 0.6 is 11.6 Å². The van der Waals surface area contributed by atoms with Crippen LogP contribution in [0.25, 0.3) is 0 Å². The first-order chi connectivity index (χ1) is 8.41. The first-order valence-corrected chi connectivity index (χ1v) is 6.78. The quantitative estimate of drug-likeness (QED) is 0.865. The van der Waals surface area contributed by atoms with E-state index in [1.54, 1.807) is 6.20 Å². The van der Waals surface area contributed by atoms with Crippen molar-refractivity contribution in [3.63, 3.8) is 0 Å². The molecule has 0 fully saturated rings. The van der Waals surface area contributed by atoms with Crippen molar-refractivity contribution in [3.8, 4) is 0 Å². The number of rotatable bonds is 6. The summed E-state index contributed by atoms with van der Waals surface area (Å²) in [6.45, 7) is 9.83. The highest BCUT2D eigenvalue weighted by atomic mass is 35.5. The second-order valence-electron chi connectivity index (χ2n) is 5.27. The number of hydrogen-bond acceptors (Lipinski definition) is 3. The van der Waals surface area contributed by atoms with Crippen LogP contribution in [-0.2, 0) is 6.54 Å². The molecule has 0 aliphatic rings. The average molecular weight is 272 g/mol. The minimum atomic E-state index is -0.224. The summed E-state index contributed by atoms with van der Waals surface area (Å²) in [6, 6.07) is 0. The van der Waals surface area contributed by atoms with E-state index in [4.69, 9.17) is 11.6 Å². The molecule has 0 atom stereocenters. The summed E-state index contributed by atoms with van der Waals surface area (Å²) in [7, 11) is 0. The molecule has 0 aliphatic carbocycles. The fraction of sp³-hybridized carbons (Fsp3) is 0.692. The molecule has 1 heterocycles. The fourth-order valence-electron chi connectivity index (χ4n) is 1.42. The molecule has 1 rings (SSSR count). The third-order valence-corrected chi connectivity index (χ3v) is 3.50. The van der Waals surface area contributed by atoms with Crippen LogP contribution in [0.2, 0.25) is 5.02 Å². The molecule has 0 aliphatic heterocycles. The molecule has 102 valence electrons. The minimum absolute atomic E-state index is 0.168. The van der Waals surface area contributed by atoms with Crippen LogP contribution in [0.3, 0.4) is 0 Å². The molecule has 18 heavy (non-hydrogen) atoms. The second kappa shape index (κ2) is 6.23. The second-order valence-corrected chi connectivity index (χ2v) is 5.65. The normalized spacial score (nSPS) is 11.6. The average Bonchev–Trinajstić information content (AvgIpc) is 2.34. The van der Waals surface area contributed by atoms with E-state index in [0.29, 0.717) is 12.2 Å². The highest BCUT2D eigenvalue weighted by molar-refractivity contribution is 6.32. The number of nitrogens with zero attached hydrogens (tertiary/aromatic N) is 2. The molecular formula is C13H22ClN3O. The van der Waals surface area contributed by atoms with Crippen LogP contribution in [0.4, 0.5) is 5.69 Å². The summed E-state index contributed by atoms with van der Waals surface area (Å²) in [5.74, 6) is 0. The molecule has 4 nitrogen and oxygen atoms in total. The zero-order chi connectivity index (χ0) is 13.8. The number of halogens is 1. The van der Waals surface area contributed by atoms with Crippen LogP contribution in [0.1, 0.15) is 40.5 Å². The molecule has 0 aromatic carbocycles. The van der Waals surface area contributed by atoms with Gasteiger partial charge in [0, 0.05) is 13.1 Å². The van der Waals surface area contributed by atoms with Gasteiger partial charge in [0.15, 0.2) is 0 Å². The van der Waals surface area contributed by atoms with Crippen LogP contribution in [-0.4, -0.2) is 16.3 Å². The SMILES string of the molecule is CCCn1ncc(NCC(C)(C)CC)c(Cl)c1=O. The molecule has 0 saturated heterocycles. The Morgan fingerprint density at radius 3 is 2.67 bits per heavy atom. The molecule has 0 radical (unpaired) electrons. The number of aryl methyl sites for hydroxylation is 1. The van der Waals surface area contributed by atoms with Gasteiger partial charge in [0.1, 0.15) is 5.02 Å². The lowest BCUT2D eigenvalue weighted by atomic mass is 9.90. The van der Waals surface area contributed by atoms with Gasteiger partial charge in [-0.1, -0.05) is 39.3 Å². The van der Waals surface area contributed by atoms with Crippen molar-refractivity contribution in [2.24, 2.45) is 5.41 Å². The monoisotopic (exact) mass is 271 g/mol. The number of nitrogens with one attached hydrogen (secondary N) is 1. The van der Waals surface area contributed by atoms with Crippen molar-refractivity contribution >= 4 is 17.3 Å². The van der Waals surface area contributed by atoms with Gasteiger partial charge in [-0.15, -0.1) is 0 Å². The largest absolute Gasteiger partial charge is 0.382 e. The Balaban J connectivity index is 2.86. The van der Waals surface area contributed by atoms with Crippen LogP contribution < -0.4 is 10.9 Å². The van der Waals surface area contributed by atoms with Gasteiger partial charge >= 0.3 is 0 Å². The van der Waals surface area contributed by atoms with Crippen LogP contribution in [0.15, 0.2) is 11.0 Å². The topological polar surface area (TPSA) is 46.9 Å². The summed E-state index contributed by atoms with van der Waals surface area (Å²) in [6.07, 6.45) is 3.54. The summed E-state index contributed by atoms with van der Waals surface area (Å²) in [5.41, 5.74) is 0.565. The van der Waals surface area contributed by atoms with E-state index in [2.05, 4.69) is 31.2 Å². The maximum atomic E-state index is 11.9. The highest BCUT2D eigenvalue weighted by Gasteiger charge is 2.16. The fourth-order valence-corrected chi connectivity index (χ4v) is 1.63. The van der Waals surface area contributed by atoms with Crippen molar-refractivity contribution in [1.82, 2.24) is 9.78 Å². The van der Waals surface area contributed by atoms with Crippen molar-refractivity contribution in [1.29, 1.82) is 0 Å². The molecular weight excluding hydrogens is 250 g/mol. The molecule has 5 heteroatoms. The maximum absolute atomic E-state index is 11.9. The van der Waals surface area contributed by atoms with Crippen molar-refractivity contribution < 1.29 is 0 Å². The number of hydrogen-bond donors (Lipinski definition) is 1. The third-order valence-electron chi connectivity index (χ3n) is 3.13. The lowest BCUT2D eigenvalue weighted by Crippen LogP contribution is -2.27. The highest BCUT2D eigenvalue weighted by Crippen LogP contribution is 2.22. The van der Waals surface area contributed by atoms with Gasteiger partial charge in [0.05, 0.1) is 11.9 Å². The zero-order valence-electron chi connectivity index (χ0n) is 11.6.